The molecule has 0 aliphatic heterocycles. The molecule has 5 nitrogen and oxygen atoms in total. The van der Waals surface area contributed by atoms with Crippen LogP contribution in [-0.4, -0.2) is 23.8 Å². The van der Waals surface area contributed by atoms with Gasteiger partial charge in [0.1, 0.15) is 5.82 Å². The van der Waals surface area contributed by atoms with Crippen molar-refractivity contribution in [3.63, 3.8) is 0 Å². The number of amides is 2. The lowest BCUT2D eigenvalue weighted by atomic mass is 10.0. The van der Waals surface area contributed by atoms with Crippen molar-refractivity contribution < 1.29 is 14.0 Å². The first-order chi connectivity index (χ1) is 12.0. The van der Waals surface area contributed by atoms with E-state index in [0.717, 1.165) is 6.07 Å². The first-order valence-electron chi connectivity index (χ1n) is 7.36. The van der Waals surface area contributed by atoms with E-state index in [1.165, 1.54) is 37.6 Å². The van der Waals surface area contributed by atoms with E-state index < -0.39 is 11.7 Å². The maximum Gasteiger partial charge on any atom is 0.256 e. The molecule has 7 heteroatoms. The third-order valence-corrected chi connectivity index (χ3v) is 3.90. The molecule has 0 bridgehead atoms. The summed E-state index contributed by atoms with van der Waals surface area (Å²) in [4.78, 5) is 28.6. The van der Waals surface area contributed by atoms with Gasteiger partial charge in [-0.25, -0.2) is 4.39 Å². The van der Waals surface area contributed by atoms with Crippen molar-refractivity contribution in [1.82, 2.24) is 10.3 Å². The number of fused-ring (bicyclic) bond motifs is 1. The maximum atomic E-state index is 13.8. The Balaban J connectivity index is 2.04. The van der Waals surface area contributed by atoms with E-state index in [-0.39, 0.29) is 22.7 Å². The van der Waals surface area contributed by atoms with Gasteiger partial charge in [0.2, 0.25) is 0 Å². The lowest BCUT2D eigenvalue weighted by molar-refractivity contribution is 0.0964. The summed E-state index contributed by atoms with van der Waals surface area (Å²) < 4.78 is 13.8. The van der Waals surface area contributed by atoms with Crippen LogP contribution in [0.3, 0.4) is 0 Å². The third-order valence-electron chi connectivity index (χ3n) is 3.66. The molecule has 0 atom stereocenters. The van der Waals surface area contributed by atoms with Gasteiger partial charge in [0, 0.05) is 29.9 Å². The second kappa shape index (κ2) is 6.86. The summed E-state index contributed by atoms with van der Waals surface area (Å²) in [6, 6.07) is 8.58. The SMILES string of the molecule is CNC(=O)c1ccc(Cl)cc1NC(=O)c1cc(F)cc2cnccc12. The fraction of sp³-hybridized carbons (Fsp3) is 0.0556. The predicted molar refractivity (Wildman–Crippen MR) is 94.5 cm³/mol. The molecule has 0 radical (unpaired) electrons. The van der Waals surface area contributed by atoms with Gasteiger partial charge in [-0.05, 0) is 41.8 Å². The summed E-state index contributed by atoms with van der Waals surface area (Å²) >= 11 is 5.96. The van der Waals surface area contributed by atoms with Crippen LogP contribution in [0.4, 0.5) is 10.1 Å². The Morgan fingerprint density at radius 1 is 1.08 bits per heavy atom. The topological polar surface area (TPSA) is 71.1 Å². The van der Waals surface area contributed by atoms with E-state index in [4.69, 9.17) is 11.6 Å². The molecule has 0 spiro atoms. The molecule has 0 aliphatic rings. The molecule has 0 aliphatic carbocycles. The second-order valence-corrected chi connectivity index (χ2v) is 5.71. The van der Waals surface area contributed by atoms with Crippen molar-refractivity contribution in [3.8, 4) is 0 Å². The molecular weight excluding hydrogens is 345 g/mol. The number of pyridine rings is 1. The van der Waals surface area contributed by atoms with Gasteiger partial charge >= 0.3 is 0 Å². The van der Waals surface area contributed by atoms with Gasteiger partial charge < -0.3 is 10.6 Å². The van der Waals surface area contributed by atoms with Gasteiger partial charge in [0.05, 0.1) is 16.8 Å². The van der Waals surface area contributed by atoms with Crippen molar-refractivity contribution in [1.29, 1.82) is 0 Å². The molecule has 2 amide bonds. The van der Waals surface area contributed by atoms with Crippen molar-refractivity contribution in [2.75, 3.05) is 12.4 Å². The molecule has 126 valence electrons. The first-order valence-corrected chi connectivity index (χ1v) is 7.73. The highest BCUT2D eigenvalue weighted by Crippen LogP contribution is 2.24. The molecule has 2 N–H and O–H groups in total. The Morgan fingerprint density at radius 2 is 1.88 bits per heavy atom. The minimum absolute atomic E-state index is 0.139. The number of nitrogens with one attached hydrogen (secondary N) is 2. The lowest BCUT2D eigenvalue weighted by Crippen LogP contribution is -2.21. The van der Waals surface area contributed by atoms with Crippen molar-refractivity contribution >= 4 is 39.9 Å². The van der Waals surface area contributed by atoms with Crippen LogP contribution in [0, 0.1) is 5.82 Å². The van der Waals surface area contributed by atoms with Crippen LogP contribution in [0.5, 0.6) is 0 Å². The first kappa shape index (κ1) is 16.9. The third kappa shape index (κ3) is 3.44. The number of benzene rings is 2. The normalized spacial score (nSPS) is 10.5. The van der Waals surface area contributed by atoms with E-state index in [9.17, 15) is 14.0 Å². The number of aromatic nitrogens is 1. The largest absolute Gasteiger partial charge is 0.355 e. The Hall–Kier alpha value is -2.99. The van der Waals surface area contributed by atoms with Crippen LogP contribution in [0.1, 0.15) is 20.7 Å². The van der Waals surface area contributed by atoms with Crippen molar-refractivity contribution in [3.05, 3.63) is 70.8 Å². The quantitative estimate of drug-likeness (QED) is 0.751. The fourth-order valence-corrected chi connectivity index (χ4v) is 2.68. The summed E-state index contributed by atoms with van der Waals surface area (Å²) in [6.07, 6.45) is 3.00. The number of anilines is 1. The average Bonchev–Trinajstić information content (AvgIpc) is 2.60. The second-order valence-electron chi connectivity index (χ2n) is 5.27. The van der Waals surface area contributed by atoms with Crippen LogP contribution in [0.25, 0.3) is 10.8 Å². The zero-order valence-electron chi connectivity index (χ0n) is 13.1. The highest BCUT2D eigenvalue weighted by molar-refractivity contribution is 6.31. The number of carbonyl (C=O) groups excluding carboxylic acids is 2. The molecule has 0 saturated heterocycles. The molecule has 0 fully saturated rings. The Bertz CT molecular complexity index is 991. The fourth-order valence-electron chi connectivity index (χ4n) is 2.50. The van der Waals surface area contributed by atoms with Gasteiger partial charge in [-0.3, -0.25) is 14.6 Å². The summed E-state index contributed by atoms with van der Waals surface area (Å²) in [5, 5.41) is 6.54. The Morgan fingerprint density at radius 3 is 2.64 bits per heavy atom. The van der Waals surface area contributed by atoms with Gasteiger partial charge in [0.25, 0.3) is 11.8 Å². The lowest BCUT2D eigenvalue weighted by Gasteiger charge is -2.12. The number of nitrogens with zero attached hydrogens (tertiary/aromatic N) is 1. The molecule has 2 aromatic carbocycles. The molecule has 1 heterocycles. The molecular formula is C18H13ClFN3O2. The average molecular weight is 358 g/mol. The minimum Gasteiger partial charge on any atom is -0.355 e. The number of hydrogen-bond donors (Lipinski definition) is 2. The van der Waals surface area contributed by atoms with Crippen LogP contribution in [0.15, 0.2) is 48.8 Å². The number of rotatable bonds is 3. The molecule has 3 aromatic rings. The van der Waals surface area contributed by atoms with Gasteiger partial charge in [-0.15, -0.1) is 0 Å². The Kier molecular flexibility index (Phi) is 4.63. The highest BCUT2D eigenvalue weighted by Gasteiger charge is 2.17. The Labute approximate surface area is 147 Å². The van der Waals surface area contributed by atoms with E-state index in [0.29, 0.717) is 15.8 Å². The minimum atomic E-state index is -0.553. The standard InChI is InChI=1S/C18H13ClFN3O2/c1-21-17(24)14-3-2-11(19)7-16(14)23-18(25)15-8-12(20)6-10-9-22-5-4-13(10)15/h2-9H,1H3,(H,21,24)(H,23,25). The summed E-state index contributed by atoms with van der Waals surface area (Å²) in [5.74, 6) is -1.48. The highest BCUT2D eigenvalue weighted by atomic mass is 35.5. The summed E-state index contributed by atoms with van der Waals surface area (Å²) in [5.41, 5.74) is 0.631. The monoisotopic (exact) mass is 357 g/mol. The number of hydrogen-bond acceptors (Lipinski definition) is 3. The number of halogens is 2. The molecule has 0 saturated carbocycles. The zero-order valence-corrected chi connectivity index (χ0v) is 13.9. The molecule has 3 rings (SSSR count). The molecule has 1 aromatic heterocycles. The number of carbonyl (C=O) groups is 2. The van der Waals surface area contributed by atoms with E-state index in [1.807, 2.05) is 0 Å². The summed E-state index contributed by atoms with van der Waals surface area (Å²) in [7, 11) is 1.48. The van der Waals surface area contributed by atoms with Gasteiger partial charge in [-0.1, -0.05) is 11.6 Å². The van der Waals surface area contributed by atoms with Crippen LogP contribution in [-0.2, 0) is 0 Å². The van der Waals surface area contributed by atoms with Crippen LogP contribution < -0.4 is 10.6 Å². The smallest absolute Gasteiger partial charge is 0.256 e. The van der Waals surface area contributed by atoms with Crippen molar-refractivity contribution in [2.24, 2.45) is 0 Å². The zero-order chi connectivity index (χ0) is 18.0. The van der Waals surface area contributed by atoms with Crippen LogP contribution in [0.2, 0.25) is 5.02 Å². The maximum absolute atomic E-state index is 13.8. The van der Waals surface area contributed by atoms with Gasteiger partial charge in [0.15, 0.2) is 0 Å². The summed E-state index contributed by atoms with van der Waals surface area (Å²) in [6.45, 7) is 0. The van der Waals surface area contributed by atoms with E-state index >= 15 is 0 Å². The van der Waals surface area contributed by atoms with E-state index in [1.54, 1.807) is 12.1 Å². The molecule has 0 unspecified atom stereocenters. The van der Waals surface area contributed by atoms with Crippen molar-refractivity contribution in [2.45, 2.75) is 0 Å². The molecule has 25 heavy (non-hydrogen) atoms. The van der Waals surface area contributed by atoms with Crippen LogP contribution >= 0.6 is 11.6 Å². The van der Waals surface area contributed by atoms with E-state index in [2.05, 4.69) is 15.6 Å². The predicted octanol–water partition coefficient (Wildman–Crippen LogP) is 3.64. The van der Waals surface area contributed by atoms with Gasteiger partial charge in [-0.2, -0.15) is 0 Å².